The fraction of sp³-hybridized carbons (Fsp3) is 0.923. The van der Waals surface area contributed by atoms with Crippen LogP contribution in [0.15, 0.2) is 0 Å². The summed E-state index contributed by atoms with van der Waals surface area (Å²) in [5.74, 6) is 0.0450. The van der Waals surface area contributed by atoms with Gasteiger partial charge in [-0.1, -0.05) is 45.4 Å². The second-order valence-electron chi connectivity index (χ2n) is 4.51. The summed E-state index contributed by atoms with van der Waals surface area (Å²) in [4.78, 5) is 12.9. The van der Waals surface area contributed by atoms with Crippen molar-refractivity contribution >= 4 is 5.91 Å². The molecule has 1 N–H and O–H groups in total. The third kappa shape index (κ3) is 7.69. The highest BCUT2D eigenvalue weighted by Gasteiger charge is 2.11. The van der Waals surface area contributed by atoms with Gasteiger partial charge < -0.3 is 10.0 Å². The molecule has 0 fully saturated rings. The average Bonchev–Trinajstić information content (AvgIpc) is 2.26. The number of carbonyl (C=O) groups excluding carboxylic acids is 1. The molecule has 3 heteroatoms. The van der Waals surface area contributed by atoms with Crippen molar-refractivity contribution in [3.8, 4) is 0 Å². The first-order chi connectivity index (χ1) is 7.59. The van der Waals surface area contributed by atoms with Crippen LogP contribution in [0.4, 0.5) is 0 Å². The van der Waals surface area contributed by atoms with Crippen LogP contribution in [-0.4, -0.2) is 29.2 Å². The maximum atomic E-state index is 11.5. The van der Waals surface area contributed by atoms with Crippen molar-refractivity contribution in [3.63, 3.8) is 0 Å². The van der Waals surface area contributed by atoms with Crippen LogP contribution in [-0.2, 0) is 4.79 Å². The molecule has 0 aliphatic carbocycles. The molecule has 0 spiro atoms. The van der Waals surface area contributed by atoms with E-state index in [2.05, 4.69) is 6.92 Å². The number of carbonyl (C=O) groups is 1. The highest BCUT2D eigenvalue weighted by Crippen LogP contribution is 2.09. The minimum atomic E-state index is -0.669. The van der Waals surface area contributed by atoms with Crippen molar-refractivity contribution in [1.29, 1.82) is 0 Å². The SMILES string of the molecule is CCCCCCCCCC(=O)N(C)C(C)O. The van der Waals surface area contributed by atoms with Crippen molar-refractivity contribution in [2.45, 2.75) is 71.4 Å². The Labute approximate surface area is 99.8 Å². The lowest BCUT2D eigenvalue weighted by atomic mass is 10.1. The summed E-state index contributed by atoms with van der Waals surface area (Å²) in [5, 5.41) is 9.20. The number of aliphatic hydroxyl groups is 1. The van der Waals surface area contributed by atoms with E-state index in [-0.39, 0.29) is 5.91 Å². The van der Waals surface area contributed by atoms with Gasteiger partial charge in [0.05, 0.1) is 0 Å². The van der Waals surface area contributed by atoms with Gasteiger partial charge in [-0.15, -0.1) is 0 Å². The molecule has 0 aliphatic heterocycles. The highest BCUT2D eigenvalue weighted by atomic mass is 16.3. The van der Waals surface area contributed by atoms with Gasteiger partial charge in [0.1, 0.15) is 6.23 Å². The van der Waals surface area contributed by atoms with Gasteiger partial charge in [-0.25, -0.2) is 0 Å². The monoisotopic (exact) mass is 229 g/mol. The zero-order chi connectivity index (χ0) is 12.4. The van der Waals surface area contributed by atoms with E-state index < -0.39 is 6.23 Å². The Morgan fingerprint density at radius 2 is 1.62 bits per heavy atom. The van der Waals surface area contributed by atoms with E-state index in [9.17, 15) is 9.90 Å². The van der Waals surface area contributed by atoms with Gasteiger partial charge in [0, 0.05) is 13.5 Å². The average molecular weight is 229 g/mol. The molecule has 96 valence electrons. The molecule has 1 unspecified atom stereocenters. The molecule has 0 aromatic heterocycles. The number of aliphatic hydroxyl groups excluding tert-OH is 1. The Balaban J connectivity index is 3.34. The number of amides is 1. The summed E-state index contributed by atoms with van der Waals surface area (Å²) >= 11 is 0. The molecule has 0 bridgehead atoms. The van der Waals surface area contributed by atoms with Crippen molar-refractivity contribution < 1.29 is 9.90 Å². The number of hydrogen-bond acceptors (Lipinski definition) is 2. The first-order valence-corrected chi connectivity index (χ1v) is 6.53. The highest BCUT2D eigenvalue weighted by molar-refractivity contribution is 5.75. The Hall–Kier alpha value is -0.570. The molecule has 0 saturated carbocycles. The van der Waals surface area contributed by atoms with Crippen LogP contribution in [0.2, 0.25) is 0 Å². The molecule has 1 atom stereocenters. The molecular formula is C13H27NO2. The van der Waals surface area contributed by atoms with E-state index in [0.717, 1.165) is 12.8 Å². The maximum absolute atomic E-state index is 11.5. The number of hydrogen-bond donors (Lipinski definition) is 1. The minimum Gasteiger partial charge on any atom is -0.374 e. The lowest BCUT2D eigenvalue weighted by Gasteiger charge is -2.20. The fourth-order valence-electron chi connectivity index (χ4n) is 1.62. The van der Waals surface area contributed by atoms with Crippen LogP contribution in [0, 0.1) is 0 Å². The molecule has 0 saturated heterocycles. The molecule has 0 rings (SSSR count). The van der Waals surface area contributed by atoms with Crippen LogP contribution >= 0.6 is 0 Å². The molecule has 3 nitrogen and oxygen atoms in total. The second kappa shape index (κ2) is 9.64. The van der Waals surface area contributed by atoms with E-state index in [1.165, 1.54) is 37.0 Å². The zero-order valence-corrected chi connectivity index (χ0v) is 11.0. The molecular weight excluding hydrogens is 202 g/mol. The largest absolute Gasteiger partial charge is 0.374 e. The third-order valence-electron chi connectivity index (χ3n) is 2.95. The van der Waals surface area contributed by atoms with Gasteiger partial charge in [0.2, 0.25) is 5.91 Å². The van der Waals surface area contributed by atoms with E-state index in [4.69, 9.17) is 0 Å². The lowest BCUT2D eigenvalue weighted by Crippen LogP contribution is -2.34. The predicted molar refractivity (Wildman–Crippen MR) is 67.1 cm³/mol. The van der Waals surface area contributed by atoms with Gasteiger partial charge in [-0.3, -0.25) is 4.79 Å². The fourth-order valence-corrected chi connectivity index (χ4v) is 1.62. The van der Waals surface area contributed by atoms with Crippen molar-refractivity contribution in [3.05, 3.63) is 0 Å². The molecule has 0 radical (unpaired) electrons. The smallest absolute Gasteiger partial charge is 0.224 e. The van der Waals surface area contributed by atoms with Crippen LogP contribution in [0.1, 0.15) is 65.2 Å². The van der Waals surface area contributed by atoms with E-state index in [1.807, 2.05) is 0 Å². The van der Waals surface area contributed by atoms with Gasteiger partial charge in [0.25, 0.3) is 0 Å². The Bertz CT molecular complexity index is 181. The Kier molecular flexibility index (Phi) is 9.30. The van der Waals surface area contributed by atoms with Gasteiger partial charge >= 0.3 is 0 Å². The predicted octanol–water partition coefficient (Wildman–Crippen LogP) is 2.92. The molecule has 0 aromatic rings. The summed E-state index contributed by atoms with van der Waals surface area (Å²) < 4.78 is 0. The van der Waals surface area contributed by atoms with Crippen molar-refractivity contribution in [2.24, 2.45) is 0 Å². The van der Waals surface area contributed by atoms with Crippen LogP contribution < -0.4 is 0 Å². The molecule has 0 aromatic carbocycles. The quantitative estimate of drug-likeness (QED) is 0.488. The summed E-state index contributed by atoms with van der Waals surface area (Å²) in [5.41, 5.74) is 0. The topological polar surface area (TPSA) is 40.5 Å². The summed E-state index contributed by atoms with van der Waals surface area (Å²) in [6.45, 7) is 3.83. The van der Waals surface area contributed by atoms with Gasteiger partial charge in [0.15, 0.2) is 0 Å². The first kappa shape index (κ1) is 15.4. The Morgan fingerprint density at radius 1 is 1.12 bits per heavy atom. The van der Waals surface area contributed by atoms with Crippen LogP contribution in [0.3, 0.4) is 0 Å². The molecule has 16 heavy (non-hydrogen) atoms. The van der Waals surface area contributed by atoms with Gasteiger partial charge in [-0.05, 0) is 13.3 Å². The van der Waals surface area contributed by atoms with E-state index >= 15 is 0 Å². The van der Waals surface area contributed by atoms with Crippen LogP contribution in [0.25, 0.3) is 0 Å². The molecule has 1 amide bonds. The van der Waals surface area contributed by atoms with E-state index in [1.54, 1.807) is 14.0 Å². The number of nitrogens with zero attached hydrogens (tertiary/aromatic N) is 1. The molecule has 0 heterocycles. The minimum absolute atomic E-state index is 0.0450. The van der Waals surface area contributed by atoms with Gasteiger partial charge in [-0.2, -0.15) is 0 Å². The van der Waals surface area contributed by atoms with Crippen molar-refractivity contribution in [2.75, 3.05) is 7.05 Å². The Morgan fingerprint density at radius 3 is 2.12 bits per heavy atom. The second-order valence-corrected chi connectivity index (χ2v) is 4.51. The normalized spacial score (nSPS) is 12.5. The molecule has 0 aliphatic rings. The summed E-state index contributed by atoms with van der Waals surface area (Å²) in [7, 11) is 1.65. The summed E-state index contributed by atoms with van der Waals surface area (Å²) in [6.07, 6.45) is 8.40. The third-order valence-corrected chi connectivity index (χ3v) is 2.95. The number of unbranched alkanes of at least 4 members (excludes halogenated alkanes) is 6. The van der Waals surface area contributed by atoms with Crippen LogP contribution in [0.5, 0.6) is 0 Å². The zero-order valence-electron chi connectivity index (χ0n) is 11.0. The summed E-state index contributed by atoms with van der Waals surface area (Å²) in [6, 6.07) is 0. The first-order valence-electron chi connectivity index (χ1n) is 6.53. The van der Waals surface area contributed by atoms with Crippen molar-refractivity contribution in [1.82, 2.24) is 4.90 Å². The number of rotatable bonds is 9. The maximum Gasteiger partial charge on any atom is 0.224 e. The standard InChI is InChI=1S/C13H27NO2/c1-4-5-6-7-8-9-10-11-13(16)14(3)12(2)15/h12,15H,4-11H2,1-3H3. The van der Waals surface area contributed by atoms with E-state index in [0.29, 0.717) is 6.42 Å². The lowest BCUT2D eigenvalue weighted by molar-refractivity contribution is -0.137.